The first-order chi connectivity index (χ1) is 10.4. The average Bonchev–Trinajstić information content (AvgIpc) is 2.38. The summed E-state index contributed by atoms with van der Waals surface area (Å²) in [5.74, 6) is -3.29. The second-order valence-corrected chi connectivity index (χ2v) is 8.88. The Kier molecular flexibility index (Phi) is 5.87. The molecule has 0 aromatic heterocycles. The van der Waals surface area contributed by atoms with Gasteiger partial charge in [-0.2, -0.15) is 0 Å². The number of hydrogen-bond donors (Lipinski definition) is 1. The van der Waals surface area contributed by atoms with Crippen molar-refractivity contribution < 1.29 is 27.5 Å². The molecular formula is C15H20FNO5S. The highest BCUT2D eigenvalue weighted by atomic mass is 32.2. The quantitative estimate of drug-likeness (QED) is 0.842. The normalized spacial score (nSPS) is 12.0. The van der Waals surface area contributed by atoms with E-state index in [9.17, 15) is 22.4 Å². The molecule has 0 atom stereocenters. The molecule has 1 rings (SSSR count). The molecule has 1 aromatic rings. The van der Waals surface area contributed by atoms with Crippen LogP contribution in [0, 0.1) is 5.82 Å². The van der Waals surface area contributed by atoms with Gasteiger partial charge in [0.25, 0.3) is 0 Å². The summed E-state index contributed by atoms with van der Waals surface area (Å²) >= 11 is 0. The van der Waals surface area contributed by atoms with Crippen molar-refractivity contribution in [2.45, 2.75) is 32.1 Å². The van der Waals surface area contributed by atoms with Gasteiger partial charge in [0.05, 0.1) is 4.75 Å². The zero-order valence-corrected chi connectivity index (χ0v) is 14.1. The number of rotatable bonds is 6. The molecule has 0 saturated carbocycles. The number of halogens is 1. The Morgan fingerprint density at radius 1 is 1.17 bits per heavy atom. The van der Waals surface area contributed by atoms with Crippen LogP contribution in [0.3, 0.4) is 0 Å². The number of carboxylic acids is 1. The molecule has 6 nitrogen and oxygen atoms in total. The van der Waals surface area contributed by atoms with E-state index in [1.807, 2.05) is 0 Å². The van der Waals surface area contributed by atoms with E-state index < -0.39 is 44.6 Å². The van der Waals surface area contributed by atoms with E-state index in [1.165, 1.54) is 45.0 Å². The average molecular weight is 345 g/mol. The molecule has 8 heteroatoms. The largest absolute Gasteiger partial charge is 0.480 e. The molecule has 0 aliphatic carbocycles. The Balaban J connectivity index is 2.95. The van der Waals surface area contributed by atoms with Crippen molar-refractivity contribution in [1.29, 1.82) is 0 Å². The second kappa shape index (κ2) is 7.08. The van der Waals surface area contributed by atoms with Crippen LogP contribution >= 0.6 is 0 Å². The third-order valence-electron chi connectivity index (χ3n) is 3.21. The number of carbonyl (C=O) groups is 2. The van der Waals surface area contributed by atoms with Crippen LogP contribution in [0.4, 0.5) is 4.39 Å². The number of benzene rings is 1. The van der Waals surface area contributed by atoms with E-state index in [1.54, 1.807) is 0 Å². The van der Waals surface area contributed by atoms with Gasteiger partial charge < -0.3 is 10.0 Å². The summed E-state index contributed by atoms with van der Waals surface area (Å²) in [6.07, 6.45) is 0. The number of aliphatic carboxylic acids is 1. The van der Waals surface area contributed by atoms with Crippen molar-refractivity contribution >= 4 is 21.7 Å². The lowest BCUT2D eigenvalue weighted by molar-refractivity contribution is -0.143. The summed E-state index contributed by atoms with van der Waals surface area (Å²) < 4.78 is 36.0. The van der Waals surface area contributed by atoms with Gasteiger partial charge in [0.2, 0.25) is 5.91 Å². The fourth-order valence-corrected chi connectivity index (χ4v) is 2.62. The molecule has 0 heterocycles. The molecule has 0 bridgehead atoms. The first-order valence-electron chi connectivity index (χ1n) is 6.89. The fourth-order valence-electron chi connectivity index (χ4n) is 1.68. The van der Waals surface area contributed by atoms with Crippen LogP contribution in [0.15, 0.2) is 24.3 Å². The van der Waals surface area contributed by atoms with Crippen molar-refractivity contribution in [3.8, 4) is 0 Å². The number of sulfone groups is 1. The molecule has 1 N–H and O–H groups in total. The number of hydrogen-bond acceptors (Lipinski definition) is 4. The van der Waals surface area contributed by atoms with Crippen molar-refractivity contribution in [1.82, 2.24) is 4.90 Å². The summed E-state index contributed by atoms with van der Waals surface area (Å²) in [6, 6.07) is 5.20. The minimum absolute atomic E-state index is 0.106. The maximum atomic E-state index is 12.9. The number of carbonyl (C=O) groups excluding carboxylic acids is 1. The standard InChI is InChI=1S/C15H20FNO5S/c1-15(2,3)23(21,22)10-13(18)17(9-14(19)20)8-11-4-6-12(16)7-5-11/h4-7H,8-10H2,1-3H3,(H,19,20). The molecule has 0 radical (unpaired) electrons. The van der Waals surface area contributed by atoms with E-state index in [2.05, 4.69) is 0 Å². The summed E-state index contributed by atoms with van der Waals surface area (Å²) in [4.78, 5) is 24.1. The molecular weight excluding hydrogens is 325 g/mol. The van der Waals surface area contributed by atoms with E-state index in [0.717, 1.165) is 4.90 Å². The molecule has 0 fully saturated rings. The highest BCUT2D eigenvalue weighted by Gasteiger charge is 2.33. The van der Waals surface area contributed by atoms with E-state index >= 15 is 0 Å². The smallest absolute Gasteiger partial charge is 0.323 e. The van der Waals surface area contributed by atoms with Crippen LogP contribution < -0.4 is 0 Å². The van der Waals surface area contributed by atoms with Gasteiger partial charge in [0.1, 0.15) is 18.1 Å². The molecule has 1 aromatic carbocycles. The van der Waals surface area contributed by atoms with Crippen LogP contribution in [0.2, 0.25) is 0 Å². The SMILES string of the molecule is CC(C)(C)S(=O)(=O)CC(=O)N(CC(=O)O)Cc1ccc(F)cc1. The van der Waals surface area contributed by atoms with E-state index in [0.29, 0.717) is 5.56 Å². The Labute approximate surface area is 134 Å². The predicted molar refractivity (Wildman–Crippen MR) is 83.0 cm³/mol. The molecule has 0 spiro atoms. The summed E-state index contributed by atoms with van der Waals surface area (Å²) in [6.45, 7) is 3.67. The minimum atomic E-state index is -3.72. The van der Waals surface area contributed by atoms with Crippen LogP contribution in [0.25, 0.3) is 0 Å². The monoisotopic (exact) mass is 345 g/mol. The molecule has 1 amide bonds. The summed E-state index contributed by atoms with van der Waals surface area (Å²) in [7, 11) is -3.72. The maximum Gasteiger partial charge on any atom is 0.323 e. The van der Waals surface area contributed by atoms with Crippen molar-refractivity contribution in [2.75, 3.05) is 12.3 Å². The van der Waals surface area contributed by atoms with Crippen molar-refractivity contribution in [3.05, 3.63) is 35.6 Å². The van der Waals surface area contributed by atoms with Crippen LogP contribution in [0.1, 0.15) is 26.3 Å². The first kappa shape index (κ1) is 19.1. The summed E-state index contributed by atoms with van der Waals surface area (Å²) in [5.41, 5.74) is 0.508. The van der Waals surface area contributed by atoms with Crippen LogP contribution in [0.5, 0.6) is 0 Å². The van der Waals surface area contributed by atoms with Gasteiger partial charge in [-0.25, -0.2) is 12.8 Å². The molecule has 23 heavy (non-hydrogen) atoms. The van der Waals surface area contributed by atoms with Crippen LogP contribution in [-0.2, 0) is 26.0 Å². The lowest BCUT2D eigenvalue weighted by atomic mass is 10.2. The van der Waals surface area contributed by atoms with Gasteiger partial charge >= 0.3 is 5.97 Å². The van der Waals surface area contributed by atoms with Gasteiger partial charge in [-0.3, -0.25) is 9.59 Å². The lowest BCUT2D eigenvalue weighted by Crippen LogP contribution is -2.42. The van der Waals surface area contributed by atoms with Gasteiger partial charge in [-0.1, -0.05) is 12.1 Å². The molecule has 0 unspecified atom stereocenters. The Morgan fingerprint density at radius 2 is 1.70 bits per heavy atom. The number of carboxylic acid groups (broad SMARTS) is 1. The topological polar surface area (TPSA) is 91.8 Å². The van der Waals surface area contributed by atoms with Gasteiger partial charge in [-0.05, 0) is 38.5 Å². The Morgan fingerprint density at radius 3 is 2.13 bits per heavy atom. The third kappa shape index (κ3) is 5.63. The first-order valence-corrected chi connectivity index (χ1v) is 8.54. The fraction of sp³-hybridized carbons (Fsp3) is 0.467. The lowest BCUT2D eigenvalue weighted by Gasteiger charge is -2.24. The molecule has 0 saturated heterocycles. The van der Waals surface area contributed by atoms with Gasteiger partial charge in [0, 0.05) is 6.54 Å². The highest BCUT2D eigenvalue weighted by molar-refractivity contribution is 7.93. The summed E-state index contributed by atoms with van der Waals surface area (Å²) in [5, 5.41) is 8.91. The zero-order chi connectivity index (χ0) is 17.8. The molecule has 0 aliphatic rings. The van der Waals surface area contributed by atoms with E-state index in [4.69, 9.17) is 5.11 Å². The highest BCUT2D eigenvalue weighted by Crippen LogP contribution is 2.17. The third-order valence-corrected chi connectivity index (χ3v) is 5.71. The van der Waals surface area contributed by atoms with Gasteiger partial charge in [0.15, 0.2) is 9.84 Å². The Hall–Kier alpha value is -1.96. The molecule has 128 valence electrons. The van der Waals surface area contributed by atoms with Gasteiger partial charge in [-0.15, -0.1) is 0 Å². The Bertz CT molecular complexity index is 677. The minimum Gasteiger partial charge on any atom is -0.480 e. The second-order valence-electron chi connectivity index (χ2n) is 6.14. The number of amides is 1. The predicted octanol–water partition coefficient (Wildman–Crippen LogP) is 1.45. The maximum absolute atomic E-state index is 12.9. The molecule has 0 aliphatic heterocycles. The van der Waals surface area contributed by atoms with Crippen LogP contribution in [-0.4, -0.2) is 47.3 Å². The van der Waals surface area contributed by atoms with Crippen molar-refractivity contribution in [2.24, 2.45) is 0 Å². The zero-order valence-electron chi connectivity index (χ0n) is 13.2. The van der Waals surface area contributed by atoms with Crippen molar-refractivity contribution in [3.63, 3.8) is 0 Å². The number of nitrogens with zero attached hydrogens (tertiary/aromatic N) is 1. The van der Waals surface area contributed by atoms with E-state index in [-0.39, 0.29) is 6.54 Å².